The number of benzene rings is 2. The summed E-state index contributed by atoms with van der Waals surface area (Å²) in [6.07, 6.45) is -0.0451. The molecule has 4 heteroatoms. The number of nitrogens with one attached hydrogen (secondary N) is 1. The van der Waals surface area contributed by atoms with E-state index in [1.54, 1.807) is 24.3 Å². The molecule has 21 heavy (non-hydrogen) atoms. The summed E-state index contributed by atoms with van der Waals surface area (Å²) in [5, 5.41) is 11.7. The molecule has 0 atom stereocenters. The van der Waals surface area contributed by atoms with E-state index >= 15 is 0 Å². The molecule has 108 valence electrons. The van der Waals surface area contributed by atoms with Crippen molar-refractivity contribution < 1.29 is 14.7 Å². The van der Waals surface area contributed by atoms with Crippen LogP contribution in [0.4, 0.5) is 0 Å². The predicted octanol–water partition coefficient (Wildman–Crippen LogP) is 2.55. The van der Waals surface area contributed by atoms with Gasteiger partial charge in [-0.1, -0.05) is 42.0 Å². The quantitative estimate of drug-likeness (QED) is 0.886. The summed E-state index contributed by atoms with van der Waals surface area (Å²) in [5.74, 6) is -1.05. The smallest absolute Gasteiger partial charge is 0.307 e. The van der Waals surface area contributed by atoms with Crippen molar-refractivity contribution in [3.05, 3.63) is 70.8 Å². The Labute approximate surface area is 123 Å². The molecule has 0 aliphatic carbocycles. The molecular formula is C17H17NO3. The first-order chi connectivity index (χ1) is 10.1. The van der Waals surface area contributed by atoms with Crippen LogP contribution in [-0.2, 0) is 17.8 Å². The van der Waals surface area contributed by atoms with E-state index < -0.39 is 5.97 Å². The maximum atomic E-state index is 12.0. The second-order valence-corrected chi connectivity index (χ2v) is 4.89. The molecular weight excluding hydrogens is 266 g/mol. The summed E-state index contributed by atoms with van der Waals surface area (Å²) < 4.78 is 0. The molecule has 0 spiro atoms. The second kappa shape index (κ2) is 6.70. The van der Waals surface area contributed by atoms with E-state index in [1.165, 1.54) is 0 Å². The van der Waals surface area contributed by atoms with Gasteiger partial charge in [-0.15, -0.1) is 0 Å². The number of hydrogen-bond donors (Lipinski definition) is 2. The summed E-state index contributed by atoms with van der Waals surface area (Å²) in [6, 6.07) is 14.5. The van der Waals surface area contributed by atoms with Gasteiger partial charge in [0, 0.05) is 12.1 Å². The van der Waals surface area contributed by atoms with Gasteiger partial charge in [-0.3, -0.25) is 9.59 Å². The first kappa shape index (κ1) is 14.8. The third-order valence-electron chi connectivity index (χ3n) is 3.21. The van der Waals surface area contributed by atoms with Crippen molar-refractivity contribution in [1.29, 1.82) is 0 Å². The standard InChI is InChI=1S/C17H17NO3/c1-12-6-8-13(9-7-12)17(21)18-11-15-5-3-2-4-14(15)10-16(19)20/h2-9H,10-11H2,1H3,(H,18,21)(H,19,20). The van der Waals surface area contributed by atoms with E-state index in [4.69, 9.17) is 5.11 Å². The molecule has 0 aliphatic rings. The average Bonchev–Trinajstić information content (AvgIpc) is 2.46. The van der Waals surface area contributed by atoms with Crippen LogP contribution in [0, 0.1) is 6.92 Å². The lowest BCUT2D eigenvalue weighted by molar-refractivity contribution is -0.136. The van der Waals surface area contributed by atoms with Crippen molar-refractivity contribution in [2.24, 2.45) is 0 Å². The van der Waals surface area contributed by atoms with Gasteiger partial charge in [0.2, 0.25) is 0 Å². The van der Waals surface area contributed by atoms with E-state index in [2.05, 4.69) is 5.32 Å². The van der Waals surface area contributed by atoms with Gasteiger partial charge in [-0.2, -0.15) is 0 Å². The molecule has 2 aromatic rings. The predicted molar refractivity (Wildman–Crippen MR) is 80.1 cm³/mol. The zero-order valence-corrected chi connectivity index (χ0v) is 11.8. The fraction of sp³-hybridized carbons (Fsp3) is 0.176. The van der Waals surface area contributed by atoms with Crippen LogP contribution in [0.2, 0.25) is 0 Å². The summed E-state index contributed by atoms with van der Waals surface area (Å²) >= 11 is 0. The number of rotatable bonds is 5. The van der Waals surface area contributed by atoms with E-state index in [0.717, 1.165) is 11.1 Å². The molecule has 0 aromatic heterocycles. The van der Waals surface area contributed by atoms with Gasteiger partial charge in [-0.05, 0) is 30.2 Å². The summed E-state index contributed by atoms with van der Waals surface area (Å²) in [4.78, 5) is 22.9. The molecule has 2 aromatic carbocycles. The van der Waals surface area contributed by atoms with Crippen molar-refractivity contribution >= 4 is 11.9 Å². The monoisotopic (exact) mass is 283 g/mol. The average molecular weight is 283 g/mol. The number of carboxylic acid groups (broad SMARTS) is 1. The van der Waals surface area contributed by atoms with Gasteiger partial charge in [0.25, 0.3) is 5.91 Å². The highest BCUT2D eigenvalue weighted by molar-refractivity contribution is 5.94. The maximum Gasteiger partial charge on any atom is 0.307 e. The molecule has 4 nitrogen and oxygen atoms in total. The van der Waals surface area contributed by atoms with Crippen molar-refractivity contribution in [2.75, 3.05) is 0 Å². The van der Waals surface area contributed by atoms with Crippen LogP contribution in [0.5, 0.6) is 0 Å². The first-order valence-corrected chi connectivity index (χ1v) is 6.69. The Balaban J connectivity index is 2.04. The van der Waals surface area contributed by atoms with Gasteiger partial charge < -0.3 is 10.4 Å². The van der Waals surface area contributed by atoms with Crippen LogP contribution in [0.1, 0.15) is 27.0 Å². The SMILES string of the molecule is Cc1ccc(C(=O)NCc2ccccc2CC(=O)O)cc1. The molecule has 0 aliphatic heterocycles. The molecule has 0 heterocycles. The number of aryl methyl sites for hydroxylation is 1. The van der Waals surface area contributed by atoms with Crippen LogP contribution < -0.4 is 5.32 Å². The van der Waals surface area contributed by atoms with E-state index in [1.807, 2.05) is 31.2 Å². The fourth-order valence-electron chi connectivity index (χ4n) is 2.05. The Hall–Kier alpha value is -2.62. The molecule has 0 saturated carbocycles. The summed E-state index contributed by atoms with van der Waals surface area (Å²) in [5.41, 5.74) is 3.23. The minimum absolute atomic E-state index is 0.0451. The molecule has 2 N–H and O–H groups in total. The van der Waals surface area contributed by atoms with Gasteiger partial charge in [0.1, 0.15) is 0 Å². The minimum atomic E-state index is -0.882. The van der Waals surface area contributed by atoms with Crippen molar-refractivity contribution in [1.82, 2.24) is 5.32 Å². The Bertz CT molecular complexity index is 647. The molecule has 0 fully saturated rings. The number of carboxylic acids is 1. The van der Waals surface area contributed by atoms with Crippen LogP contribution in [0.3, 0.4) is 0 Å². The van der Waals surface area contributed by atoms with Gasteiger partial charge in [-0.25, -0.2) is 0 Å². The largest absolute Gasteiger partial charge is 0.481 e. The van der Waals surface area contributed by atoms with Crippen molar-refractivity contribution in [3.8, 4) is 0 Å². The number of aliphatic carboxylic acids is 1. The van der Waals surface area contributed by atoms with Crippen molar-refractivity contribution in [3.63, 3.8) is 0 Å². The number of hydrogen-bond acceptors (Lipinski definition) is 2. The Morgan fingerprint density at radius 3 is 2.24 bits per heavy atom. The van der Waals surface area contributed by atoms with E-state index in [9.17, 15) is 9.59 Å². The summed E-state index contributed by atoms with van der Waals surface area (Å²) in [7, 11) is 0. The molecule has 0 saturated heterocycles. The third-order valence-corrected chi connectivity index (χ3v) is 3.21. The second-order valence-electron chi connectivity index (χ2n) is 4.89. The molecule has 1 amide bonds. The maximum absolute atomic E-state index is 12.0. The zero-order chi connectivity index (χ0) is 15.2. The Morgan fingerprint density at radius 1 is 1.00 bits per heavy atom. The van der Waals surface area contributed by atoms with Crippen LogP contribution in [-0.4, -0.2) is 17.0 Å². The number of carbonyl (C=O) groups excluding carboxylic acids is 1. The fourth-order valence-corrected chi connectivity index (χ4v) is 2.05. The summed E-state index contributed by atoms with van der Waals surface area (Å²) in [6.45, 7) is 2.28. The number of amides is 1. The Kier molecular flexibility index (Phi) is 4.72. The molecule has 0 unspecified atom stereocenters. The topological polar surface area (TPSA) is 66.4 Å². The highest BCUT2D eigenvalue weighted by Crippen LogP contribution is 2.10. The lowest BCUT2D eigenvalue weighted by Gasteiger charge is -2.09. The highest BCUT2D eigenvalue weighted by atomic mass is 16.4. The van der Waals surface area contributed by atoms with E-state index in [-0.39, 0.29) is 12.3 Å². The third kappa shape index (κ3) is 4.18. The minimum Gasteiger partial charge on any atom is -0.481 e. The lowest BCUT2D eigenvalue weighted by Crippen LogP contribution is -2.23. The van der Waals surface area contributed by atoms with Gasteiger partial charge in [0.05, 0.1) is 6.42 Å². The lowest BCUT2D eigenvalue weighted by atomic mass is 10.0. The van der Waals surface area contributed by atoms with E-state index in [0.29, 0.717) is 17.7 Å². The zero-order valence-electron chi connectivity index (χ0n) is 11.8. The molecule has 2 rings (SSSR count). The normalized spacial score (nSPS) is 10.1. The van der Waals surface area contributed by atoms with Crippen LogP contribution >= 0.6 is 0 Å². The van der Waals surface area contributed by atoms with Gasteiger partial charge >= 0.3 is 5.97 Å². The van der Waals surface area contributed by atoms with Gasteiger partial charge in [0.15, 0.2) is 0 Å². The number of carbonyl (C=O) groups is 2. The molecule has 0 radical (unpaired) electrons. The Morgan fingerprint density at radius 2 is 1.62 bits per heavy atom. The van der Waals surface area contributed by atoms with Crippen molar-refractivity contribution in [2.45, 2.75) is 19.9 Å². The van der Waals surface area contributed by atoms with Crippen LogP contribution in [0.25, 0.3) is 0 Å². The van der Waals surface area contributed by atoms with Crippen LogP contribution in [0.15, 0.2) is 48.5 Å². The molecule has 0 bridgehead atoms. The first-order valence-electron chi connectivity index (χ1n) is 6.69. The highest BCUT2D eigenvalue weighted by Gasteiger charge is 2.09.